The molecule has 0 atom stereocenters. The standard InChI is InChI=1S/C46H37N/c1-3-17-33-30(13-1)15-11-23-37(33)45-39-21-5-6-22-40(39)46(38-24-12-16-31-14-2-4-18-34(31)38)42-29-32(27-28-41(42)45)47-43-25-9-7-19-35(43)36-20-8-10-26-44(36)47/h5-12,15-16,19-29H,1-4,13-14,17-18H2. The summed E-state index contributed by atoms with van der Waals surface area (Å²) in [5.41, 5.74) is 15.5. The summed E-state index contributed by atoms with van der Waals surface area (Å²) in [6, 6.07) is 48.5. The van der Waals surface area contributed by atoms with E-state index >= 15 is 0 Å². The minimum Gasteiger partial charge on any atom is -0.309 e. The minimum atomic E-state index is 1.15. The number of nitrogens with zero attached hydrogens (tertiary/aromatic N) is 1. The molecule has 0 saturated heterocycles. The lowest BCUT2D eigenvalue weighted by Gasteiger charge is -2.25. The van der Waals surface area contributed by atoms with E-state index in [2.05, 4.69) is 132 Å². The molecular weight excluding hydrogens is 567 g/mol. The molecule has 0 N–H and O–H groups in total. The number of fused-ring (bicyclic) bond motifs is 7. The number of para-hydroxylation sites is 2. The Morgan fingerprint density at radius 2 is 0.830 bits per heavy atom. The molecule has 0 radical (unpaired) electrons. The topological polar surface area (TPSA) is 4.93 Å². The van der Waals surface area contributed by atoms with Crippen molar-refractivity contribution in [3.63, 3.8) is 0 Å². The van der Waals surface area contributed by atoms with Crippen LogP contribution in [0.15, 0.2) is 127 Å². The van der Waals surface area contributed by atoms with Gasteiger partial charge >= 0.3 is 0 Å². The zero-order chi connectivity index (χ0) is 30.9. The number of benzene rings is 7. The highest BCUT2D eigenvalue weighted by Gasteiger charge is 2.24. The van der Waals surface area contributed by atoms with Gasteiger partial charge in [0, 0.05) is 16.5 Å². The molecule has 1 aromatic heterocycles. The molecule has 0 amide bonds. The molecule has 7 aromatic carbocycles. The number of aryl methyl sites for hydroxylation is 2. The van der Waals surface area contributed by atoms with Crippen molar-refractivity contribution in [2.24, 2.45) is 0 Å². The summed E-state index contributed by atoms with van der Waals surface area (Å²) in [5, 5.41) is 8.04. The van der Waals surface area contributed by atoms with Gasteiger partial charge in [0.05, 0.1) is 11.0 Å². The van der Waals surface area contributed by atoms with Gasteiger partial charge in [-0.2, -0.15) is 0 Å². The van der Waals surface area contributed by atoms with Crippen molar-refractivity contribution >= 4 is 43.4 Å². The van der Waals surface area contributed by atoms with Gasteiger partial charge in [0.25, 0.3) is 0 Å². The van der Waals surface area contributed by atoms with Gasteiger partial charge in [-0.05, 0) is 142 Å². The molecule has 47 heavy (non-hydrogen) atoms. The largest absolute Gasteiger partial charge is 0.309 e. The maximum absolute atomic E-state index is 2.51. The van der Waals surface area contributed by atoms with Crippen LogP contribution in [-0.4, -0.2) is 4.57 Å². The van der Waals surface area contributed by atoms with Crippen molar-refractivity contribution in [1.82, 2.24) is 4.57 Å². The van der Waals surface area contributed by atoms with Crippen LogP contribution >= 0.6 is 0 Å². The van der Waals surface area contributed by atoms with Crippen LogP contribution in [0.5, 0.6) is 0 Å². The van der Waals surface area contributed by atoms with Gasteiger partial charge in [-0.25, -0.2) is 0 Å². The van der Waals surface area contributed by atoms with Crippen molar-refractivity contribution in [2.45, 2.75) is 51.4 Å². The SMILES string of the molecule is c1cc2c(c(-c3c4ccccc4c(-c4cccc5c4CCCC5)c4cc(-n5c6ccccc6c6ccccc65)ccc34)c1)CCCC2. The van der Waals surface area contributed by atoms with Crippen molar-refractivity contribution in [3.05, 3.63) is 150 Å². The quantitative estimate of drug-likeness (QED) is 0.177. The van der Waals surface area contributed by atoms with Crippen molar-refractivity contribution in [2.75, 3.05) is 0 Å². The number of hydrogen-bond donors (Lipinski definition) is 0. The summed E-state index contributed by atoms with van der Waals surface area (Å²) in [4.78, 5) is 0. The first-order valence-corrected chi connectivity index (χ1v) is 17.5. The molecule has 0 saturated carbocycles. The van der Waals surface area contributed by atoms with Crippen LogP contribution in [0.1, 0.15) is 47.9 Å². The normalized spacial score (nSPS) is 14.6. The van der Waals surface area contributed by atoms with E-state index in [4.69, 9.17) is 0 Å². The molecule has 0 bridgehead atoms. The molecule has 0 aliphatic heterocycles. The zero-order valence-corrected chi connectivity index (χ0v) is 26.7. The molecule has 0 unspecified atom stereocenters. The fourth-order valence-corrected chi connectivity index (χ4v) is 9.12. The van der Waals surface area contributed by atoms with Crippen LogP contribution in [0, 0.1) is 0 Å². The molecule has 0 fully saturated rings. The first-order chi connectivity index (χ1) is 23.3. The summed E-state index contributed by atoms with van der Waals surface area (Å²) in [6.45, 7) is 0. The lowest BCUT2D eigenvalue weighted by atomic mass is 9.79. The minimum absolute atomic E-state index is 1.15. The molecule has 1 heteroatoms. The van der Waals surface area contributed by atoms with Gasteiger partial charge in [0.2, 0.25) is 0 Å². The summed E-state index contributed by atoms with van der Waals surface area (Å²) < 4.78 is 2.48. The van der Waals surface area contributed by atoms with Crippen LogP contribution in [0.3, 0.4) is 0 Å². The van der Waals surface area contributed by atoms with Gasteiger partial charge < -0.3 is 4.57 Å². The molecule has 2 aliphatic carbocycles. The highest BCUT2D eigenvalue weighted by molar-refractivity contribution is 6.22. The molecule has 10 rings (SSSR count). The fourth-order valence-electron chi connectivity index (χ4n) is 9.12. The van der Waals surface area contributed by atoms with Crippen LogP contribution in [-0.2, 0) is 25.7 Å². The maximum Gasteiger partial charge on any atom is 0.0541 e. The van der Waals surface area contributed by atoms with Gasteiger partial charge in [-0.15, -0.1) is 0 Å². The van der Waals surface area contributed by atoms with Gasteiger partial charge in [-0.3, -0.25) is 0 Å². The summed E-state index contributed by atoms with van der Waals surface area (Å²) >= 11 is 0. The lowest BCUT2D eigenvalue weighted by Crippen LogP contribution is -2.06. The predicted molar refractivity (Wildman–Crippen MR) is 200 cm³/mol. The zero-order valence-electron chi connectivity index (χ0n) is 26.7. The lowest BCUT2D eigenvalue weighted by molar-refractivity contribution is 0.687. The van der Waals surface area contributed by atoms with Gasteiger partial charge in [0.1, 0.15) is 0 Å². The van der Waals surface area contributed by atoms with E-state index in [9.17, 15) is 0 Å². The van der Waals surface area contributed by atoms with E-state index in [1.165, 1.54) is 121 Å². The molecule has 1 heterocycles. The summed E-state index contributed by atoms with van der Waals surface area (Å²) in [5.74, 6) is 0. The number of hydrogen-bond acceptors (Lipinski definition) is 0. The Morgan fingerprint density at radius 1 is 0.362 bits per heavy atom. The average molecular weight is 604 g/mol. The molecule has 1 nitrogen and oxygen atoms in total. The smallest absolute Gasteiger partial charge is 0.0541 e. The first-order valence-electron chi connectivity index (χ1n) is 17.5. The second kappa shape index (κ2) is 10.7. The second-order valence-corrected chi connectivity index (χ2v) is 13.7. The molecule has 2 aliphatic rings. The van der Waals surface area contributed by atoms with Gasteiger partial charge in [-0.1, -0.05) is 103 Å². The van der Waals surface area contributed by atoms with E-state index in [-0.39, 0.29) is 0 Å². The fraction of sp³-hybridized carbons (Fsp3) is 0.174. The Labute approximate surface area is 276 Å². The van der Waals surface area contributed by atoms with Crippen LogP contribution in [0.25, 0.3) is 71.3 Å². The Bertz CT molecular complexity index is 2470. The van der Waals surface area contributed by atoms with E-state index in [0.717, 1.165) is 12.8 Å². The molecule has 8 aromatic rings. The van der Waals surface area contributed by atoms with E-state index in [1.54, 1.807) is 11.1 Å². The third-order valence-electron chi connectivity index (χ3n) is 11.2. The number of aromatic nitrogens is 1. The third kappa shape index (κ3) is 4.09. The Kier molecular flexibility index (Phi) is 6.16. The van der Waals surface area contributed by atoms with Gasteiger partial charge in [0.15, 0.2) is 0 Å². The van der Waals surface area contributed by atoms with Crippen molar-refractivity contribution in [1.29, 1.82) is 0 Å². The van der Waals surface area contributed by atoms with Crippen molar-refractivity contribution in [3.8, 4) is 27.9 Å². The average Bonchev–Trinajstić information content (AvgIpc) is 3.48. The molecule has 226 valence electrons. The van der Waals surface area contributed by atoms with Crippen LogP contribution < -0.4 is 0 Å². The van der Waals surface area contributed by atoms with E-state index in [0.29, 0.717) is 0 Å². The molecular formula is C46H37N. The molecule has 0 spiro atoms. The van der Waals surface area contributed by atoms with Crippen LogP contribution in [0.2, 0.25) is 0 Å². The Hall–Kier alpha value is -5.14. The van der Waals surface area contributed by atoms with Crippen molar-refractivity contribution < 1.29 is 0 Å². The highest BCUT2D eigenvalue weighted by Crippen LogP contribution is 2.48. The number of rotatable bonds is 3. The van der Waals surface area contributed by atoms with Crippen LogP contribution in [0.4, 0.5) is 0 Å². The first kappa shape index (κ1) is 27.0. The monoisotopic (exact) mass is 603 g/mol. The third-order valence-corrected chi connectivity index (χ3v) is 11.2. The van der Waals surface area contributed by atoms with E-state index < -0.39 is 0 Å². The summed E-state index contributed by atoms with van der Waals surface area (Å²) in [7, 11) is 0. The van der Waals surface area contributed by atoms with E-state index in [1.807, 2.05) is 0 Å². The Balaban J connectivity index is 1.37. The Morgan fingerprint density at radius 3 is 1.40 bits per heavy atom. The maximum atomic E-state index is 2.51. The highest BCUT2D eigenvalue weighted by atomic mass is 15.0. The second-order valence-electron chi connectivity index (χ2n) is 13.7. The summed E-state index contributed by atoms with van der Waals surface area (Å²) in [6.07, 6.45) is 9.79. The predicted octanol–water partition coefficient (Wildman–Crippen LogP) is 12.2.